The van der Waals surface area contributed by atoms with Crippen LogP contribution in [0.3, 0.4) is 0 Å². The lowest BCUT2D eigenvalue weighted by Crippen LogP contribution is -2.29. The van der Waals surface area contributed by atoms with Crippen LogP contribution in [-0.2, 0) is 9.53 Å². The molecule has 0 spiro atoms. The summed E-state index contributed by atoms with van der Waals surface area (Å²) in [5, 5.41) is 4.89. The quantitative estimate of drug-likeness (QED) is 0.223. The molecule has 2 aromatic carbocycles. The predicted molar refractivity (Wildman–Crippen MR) is 141 cm³/mol. The van der Waals surface area contributed by atoms with E-state index in [0.717, 1.165) is 40.2 Å². The zero-order chi connectivity index (χ0) is 24.1. The molecule has 8 heteroatoms. The number of hydrogen-bond acceptors (Lipinski definition) is 6. The minimum absolute atomic E-state index is 0.0728. The SMILES string of the molecule is CCOCCCN1C(=O)/C(=C\c2cn(-c3ccccc3)nc2-c2ccc(OC)cc2C)SC1=S. The highest BCUT2D eigenvalue weighted by atomic mass is 32.2. The normalized spacial score (nSPS) is 14.9. The van der Waals surface area contributed by atoms with Crippen molar-refractivity contribution < 1.29 is 14.3 Å². The molecule has 2 heterocycles. The van der Waals surface area contributed by atoms with Crippen LogP contribution in [0.5, 0.6) is 5.75 Å². The molecule has 0 atom stereocenters. The summed E-state index contributed by atoms with van der Waals surface area (Å²) in [4.78, 5) is 15.4. The second kappa shape index (κ2) is 11.0. The molecule has 1 aliphatic rings. The topological polar surface area (TPSA) is 56.6 Å². The van der Waals surface area contributed by atoms with Gasteiger partial charge in [0.1, 0.15) is 15.8 Å². The van der Waals surface area contributed by atoms with Crippen molar-refractivity contribution in [2.45, 2.75) is 20.3 Å². The fourth-order valence-corrected chi connectivity index (χ4v) is 5.05. The van der Waals surface area contributed by atoms with Gasteiger partial charge in [-0.3, -0.25) is 9.69 Å². The number of hydrogen-bond donors (Lipinski definition) is 0. The Morgan fingerprint density at radius 2 is 1.97 bits per heavy atom. The highest BCUT2D eigenvalue weighted by molar-refractivity contribution is 8.26. The van der Waals surface area contributed by atoms with Crippen molar-refractivity contribution >= 4 is 40.3 Å². The number of benzene rings is 2. The number of thiocarbonyl (C=S) groups is 1. The van der Waals surface area contributed by atoms with Gasteiger partial charge in [-0.1, -0.05) is 42.2 Å². The number of carbonyl (C=O) groups is 1. The van der Waals surface area contributed by atoms with Crippen molar-refractivity contribution in [2.75, 3.05) is 26.9 Å². The Morgan fingerprint density at radius 1 is 1.18 bits per heavy atom. The maximum atomic E-state index is 13.1. The summed E-state index contributed by atoms with van der Waals surface area (Å²) in [5.41, 5.74) is 4.61. The molecule has 6 nitrogen and oxygen atoms in total. The number of ether oxygens (including phenoxy) is 2. The summed E-state index contributed by atoms with van der Waals surface area (Å²) < 4.78 is 13.2. The Kier molecular flexibility index (Phi) is 7.82. The molecule has 0 bridgehead atoms. The molecule has 0 radical (unpaired) electrons. The molecular weight excluding hydrogens is 466 g/mol. The van der Waals surface area contributed by atoms with Crippen molar-refractivity contribution in [3.8, 4) is 22.7 Å². The second-order valence-electron chi connectivity index (χ2n) is 7.78. The first-order valence-electron chi connectivity index (χ1n) is 11.1. The number of methoxy groups -OCH3 is 1. The van der Waals surface area contributed by atoms with Gasteiger partial charge in [0.25, 0.3) is 5.91 Å². The highest BCUT2D eigenvalue weighted by Crippen LogP contribution is 2.36. The number of carbonyl (C=O) groups excluding carboxylic acids is 1. The monoisotopic (exact) mass is 493 g/mol. The second-order valence-corrected chi connectivity index (χ2v) is 9.45. The van der Waals surface area contributed by atoms with E-state index in [9.17, 15) is 4.79 Å². The molecule has 4 rings (SSSR count). The largest absolute Gasteiger partial charge is 0.497 e. The van der Waals surface area contributed by atoms with E-state index in [0.29, 0.717) is 29.0 Å². The number of rotatable bonds is 9. The van der Waals surface area contributed by atoms with Gasteiger partial charge in [-0.05, 0) is 62.2 Å². The molecule has 1 aliphatic heterocycles. The van der Waals surface area contributed by atoms with Crippen molar-refractivity contribution in [1.82, 2.24) is 14.7 Å². The van der Waals surface area contributed by atoms with Gasteiger partial charge in [0.15, 0.2) is 0 Å². The lowest BCUT2D eigenvalue weighted by atomic mass is 10.0. The average Bonchev–Trinajstić information content (AvgIpc) is 3.38. The molecule has 0 saturated carbocycles. The van der Waals surface area contributed by atoms with Gasteiger partial charge < -0.3 is 9.47 Å². The first-order valence-corrected chi connectivity index (χ1v) is 12.4. The fourth-order valence-electron chi connectivity index (χ4n) is 3.75. The van der Waals surface area contributed by atoms with Crippen LogP contribution in [0, 0.1) is 6.92 Å². The van der Waals surface area contributed by atoms with Crippen LogP contribution >= 0.6 is 24.0 Å². The maximum absolute atomic E-state index is 13.1. The maximum Gasteiger partial charge on any atom is 0.266 e. The zero-order valence-electron chi connectivity index (χ0n) is 19.5. The van der Waals surface area contributed by atoms with E-state index >= 15 is 0 Å². The Bertz CT molecular complexity index is 1220. The molecule has 176 valence electrons. The fraction of sp³-hybridized carbons (Fsp3) is 0.269. The van der Waals surface area contributed by atoms with E-state index in [2.05, 4.69) is 0 Å². The van der Waals surface area contributed by atoms with E-state index in [1.54, 1.807) is 12.0 Å². The Labute approximate surface area is 209 Å². The van der Waals surface area contributed by atoms with Crippen LogP contribution in [0.4, 0.5) is 0 Å². The van der Waals surface area contributed by atoms with Gasteiger partial charge in [-0.2, -0.15) is 5.10 Å². The molecule has 0 unspecified atom stereocenters. The minimum atomic E-state index is -0.0728. The van der Waals surface area contributed by atoms with Gasteiger partial charge in [-0.15, -0.1) is 0 Å². The summed E-state index contributed by atoms with van der Waals surface area (Å²) in [7, 11) is 1.65. The van der Waals surface area contributed by atoms with Crippen LogP contribution in [-0.4, -0.2) is 51.8 Å². The highest BCUT2D eigenvalue weighted by Gasteiger charge is 2.32. The van der Waals surface area contributed by atoms with E-state index in [4.69, 9.17) is 26.8 Å². The standard InChI is InChI=1S/C26H27N3O3S2/c1-4-32-14-8-13-28-25(30)23(34-26(28)33)16-19-17-29(20-9-6-5-7-10-20)27-24(19)22-12-11-21(31-3)15-18(22)2/h5-7,9-12,15-17H,4,8,13-14H2,1-3H3/b23-16+. The van der Waals surface area contributed by atoms with Gasteiger partial charge in [-0.25, -0.2) is 4.68 Å². The predicted octanol–water partition coefficient (Wildman–Crippen LogP) is 5.48. The molecule has 1 amide bonds. The molecule has 0 aliphatic carbocycles. The zero-order valence-corrected chi connectivity index (χ0v) is 21.1. The third-order valence-electron chi connectivity index (χ3n) is 5.49. The molecule has 0 N–H and O–H groups in total. The van der Waals surface area contributed by atoms with Crippen LogP contribution in [0.2, 0.25) is 0 Å². The van der Waals surface area contributed by atoms with Gasteiger partial charge in [0.2, 0.25) is 0 Å². The van der Waals surface area contributed by atoms with Crippen molar-refractivity contribution in [3.05, 3.63) is 70.8 Å². The molecule has 1 saturated heterocycles. The third kappa shape index (κ3) is 5.24. The Balaban J connectivity index is 1.71. The Morgan fingerprint density at radius 3 is 2.68 bits per heavy atom. The van der Waals surface area contributed by atoms with Crippen LogP contribution in [0.1, 0.15) is 24.5 Å². The summed E-state index contributed by atoms with van der Waals surface area (Å²) >= 11 is 6.83. The molecule has 34 heavy (non-hydrogen) atoms. The Hall–Kier alpha value is -2.94. The molecular formula is C26H27N3O3S2. The summed E-state index contributed by atoms with van der Waals surface area (Å²) in [6.45, 7) is 5.81. The van der Waals surface area contributed by atoms with E-state index < -0.39 is 0 Å². The van der Waals surface area contributed by atoms with Crippen molar-refractivity contribution in [3.63, 3.8) is 0 Å². The number of para-hydroxylation sites is 1. The van der Waals surface area contributed by atoms with E-state index in [-0.39, 0.29) is 5.91 Å². The van der Waals surface area contributed by atoms with Gasteiger partial charge in [0.05, 0.1) is 17.7 Å². The lowest BCUT2D eigenvalue weighted by molar-refractivity contribution is -0.122. The van der Waals surface area contributed by atoms with Crippen LogP contribution in [0.15, 0.2) is 59.6 Å². The number of aromatic nitrogens is 2. The average molecular weight is 494 g/mol. The number of nitrogens with zero attached hydrogens (tertiary/aromatic N) is 3. The summed E-state index contributed by atoms with van der Waals surface area (Å²) in [6, 6.07) is 15.8. The van der Waals surface area contributed by atoms with E-state index in [1.807, 2.05) is 79.3 Å². The van der Waals surface area contributed by atoms with Crippen LogP contribution < -0.4 is 4.74 Å². The van der Waals surface area contributed by atoms with Gasteiger partial charge in [0, 0.05) is 37.1 Å². The minimum Gasteiger partial charge on any atom is -0.497 e. The summed E-state index contributed by atoms with van der Waals surface area (Å²) in [5.74, 6) is 0.717. The lowest BCUT2D eigenvalue weighted by Gasteiger charge is -2.13. The molecule has 3 aromatic rings. The first kappa shape index (κ1) is 24.2. The number of thioether (sulfide) groups is 1. The van der Waals surface area contributed by atoms with Crippen molar-refractivity contribution in [2.24, 2.45) is 0 Å². The smallest absolute Gasteiger partial charge is 0.266 e. The summed E-state index contributed by atoms with van der Waals surface area (Å²) in [6.07, 6.45) is 4.60. The number of amides is 1. The number of aryl methyl sites for hydroxylation is 1. The first-order chi connectivity index (χ1) is 16.5. The third-order valence-corrected chi connectivity index (χ3v) is 6.86. The van der Waals surface area contributed by atoms with Gasteiger partial charge >= 0.3 is 0 Å². The van der Waals surface area contributed by atoms with Crippen LogP contribution in [0.25, 0.3) is 23.0 Å². The molecule has 1 aromatic heterocycles. The van der Waals surface area contributed by atoms with E-state index in [1.165, 1.54) is 11.8 Å². The van der Waals surface area contributed by atoms with Crippen molar-refractivity contribution in [1.29, 1.82) is 0 Å². The molecule has 1 fully saturated rings.